The molecule has 0 saturated heterocycles. The largest absolute Gasteiger partial charge is 0.388 e. The van der Waals surface area contributed by atoms with Crippen LogP contribution in [-0.2, 0) is 13.0 Å². The van der Waals surface area contributed by atoms with Crippen molar-refractivity contribution in [3.63, 3.8) is 0 Å². The lowest BCUT2D eigenvalue weighted by atomic mass is 10.0. The molecule has 0 saturated carbocycles. The number of rotatable bonds is 7. The normalized spacial score (nSPS) is 11.1. The zero-order chi connectivity index (χ0) is 19.4. The minimum atomic E-state index is -0.260. The number of nitrogens with zero attached hydrogens (tertiary/aromatic N) is 4. The number of carbonyl (C=O) groups excluding carboxylic acids is 1. The average molecular weight is 429 g/mol. The van der Waals surface area contributed by atoms with E-state index >= 15 is 0 Å². The highest BCUT2D eigenvalue weighted by Crippen LogP contribution is 2.25. The Labute approximate surface area is 166 Å². The van der Waals surface area contributed by atoms with E-state index in [-0.39, 0.29) is 12.4 Å². The van der Waals surface area contributed by atoms with Gasteiger partial charge in [0.05, 0.1) is 5.69 Å². The minimum absolute atomic E-state index is 0.0944. The molecule has 0 aliphatic heterocycles. The summed E-state index contributed by atoms with van der Waals surface area (Å²) in [6.07, 6.45) is 0.648. The number of hydrogen-bond donors (Lipinski definition) is 1. The molecule has 3 rings (SSSR count). The quantitative estimate of drug-likeness (QED) is 0.585. The summed E-state index contributed by atoms with van der Waals surface area (Å²) < 4.78 is 2.59. The maximum absolute atomic E-state index is 13.1. The Kier molecular flexibility index (Phi) is 6.15. The zero-order valence-electron chi connectivity index (χ0n) is 15.3. The summed E-state index contributed by atoms with van der Waals surface area (Å²) >= 11 is 3.46. The second-order valence-corrected chi connectivity index (χ2v) is 7.35. The number of carbonyl (C=O) groups is 1. The van der Waals surface area contributed by atoms with Crippen LogP contribution in [0.1, 0.15) is 27.6 Å². The predicted molar refractivity (Wildman–Crippen MR) is 107 cm³/mol. The second kappa shape index (κ2) is 8.56. The standard InChI is InChI=1S/C20H21BrN4O2/c1-24(2)11-10-18-22-23-19(13-26)25(18)17-9-8-15(21)12-16(17)20(27)14-6-4-3-5-7-14/h3-9,12,26H,10-11,13H2,1-2H3. The molecule has 0 unspecified atom stereocenters. The molecule has 3 aromatic rings. The minimum Gasteiger partial charge on any atom is -0.388 e. The van der Waals surface area contributed by atoms with Gasteiger partial charge in [-0.05, 0) is 32.3 Å². The van der Waals surface area contributed by atoms with Crippen LogP contribution in [0.5, 0.6) is 0 Å². The molecule has 0 spiro atoms. The van der Waals surface area contributed by atoms with Gasteiger partial charge in [-0.3, -0.25) is 9.36 Å². The van der Waals surface area contributed by atoms with Crippen molar-refractivity contribution in [2.24, 2.45) is 0 Å². The van der Waals surface area contributed by atoms with Gasteiger partial charge in [0.1, 0.15) is 12.4 Å². The van der Waals surface area contributed by atoms with Crippen LogP contribution in [-0.4, -0.2) is 51.2 Å². The number of aliphatic hydroxyl groups excluding tert-OH is 1. The van der Waals surface area contributed by atoms with Crippen LogP contribution < -0.4 is 0 Å². The lowest BCUT2D eigenvalue weighted by Gasteiger charge is -2.15. The predicted octanol–water partition coefficient (Wildman–Crippen LogP) is 2.86. The maximum atomic E-state index is 13.1. The molecule has 27 heavy (non-hydrogen) atoms. The van der Waals surface area contributed by atoms with Crippen LogP contribution in [0.4, 0.5) is 0 Å². The Morgan fingerprint density at radius 3 is 2.48 bits per heavy atom. The summed E-state index contributed by atoms with van der Waals surface area (Å²) in [6, 6.07) is 14.6. The summed E-state index contributed by atoms with van der Waals surface area (Å²) in [5.74, 6) is 1.02. The van der Waals surface area contributed by atoms with E-state index in [4.69, 9.17) is 0 Å². The third kappa shape index (κ3) is 4.32. The molecule has 1 aromatic heterocycles. The second-order valence-electron chi connectivity index (χ2n) is 6.44. The SMILES string of the molecule is CN(C)CCc1nnc(CO)n1-c1ccc(Br)cc1C(=O)c1ccccc1. The van der Waals surface area contributed by atoms with Crippen LogP contribution in [0.2, 0.25) is 0 Å². The van der Waals surface area contributed by atoms with Crippen LogP contribution in [0.25, 0.3) is 5.69 Å². The highest BCUT2D eigenvalue weighted by Gasteiger charge is 2.20. The van der Waals surface area contributed by atoms with Gasteiger partial charge in [0, 0.05) is 28.6 Å². The Bertz CT molecular complexity index is 938. The highest BCUT2D eigenvalue weighted by atomic mass is 79.9. The van der Waals surface area contributed by atoms with E-state index in [0.717, 1.165) is 11.0 Å². The van der Waals surface area contributed by atoms with Crippen molar-refractivity contribution >= 4 is 21.7 Å². The van der Waals surface area contributed by atoms with Crippen molar-refractivity contribution in [2.45, 2.75) is 13.0 Å². The number of likely N-dealkylation sites (N-methyl/N-ethyl adjacent to an activating group) is 1. The average Bonchev–Trinajstić information content (AvgIpc) is 3.09. The van der Waals surface area contributed by atoms with Crippen LogP contribution >= 0.6 is 15.9 Å². The van der Waals surface area contributed by atoms with Crippen LogP contribution in [0.15, 0.2) is 53.0 Å². The van der Waals surface area contributed by atoms with E-state index in [2.05, 4.69) is 31.0 Å². The van der Waals surface area contributed by atoms with E-state index in [1.807, 2.05) is 44.4 Å². The van der Waals surface area contributed by atoms with E-state index in [0.29, 0.717) is 34.9 Å². The number of aliphatic hydroxyl groups is 1. The van der Waals surface area contributed by atoms with Gasteiger partial charge in [-0.2, -0.15) is 0 Å². The first-order valence-electron chi connectivity index (χ1n) is 8.59. The lowest BCUT2D eigenvalue weighted by Crippen LogP contribution is -2.18. The topological polar surface area (TPSA) is 71.2 Å². The van der Waals surface area contributed by atoms with Crippen LogP contribution in [0, 0.1) is 0 Å². The molecule has 0 amide bonds. The number of halogens is 1. The summed E-state index contributed by atoms with van der Waals surface area (Å²) in [6.45, 7) is 0.520. The third-order valence-corrected chi connectivity index (χ3v) is 4.69. The van der Waals surface area contributed by atoms with Gasteiger partial charge in [0.15, 0.2) is 11.6 Å². The number of ketones is 1. The van der Waals surface area contributed by atoms with Crippen molar-refractivity contribution in [3.05, 3.63) is 75.8 Å². The first kappa shape index (κ1) is 19.4. The Hall–Kier alpha value is -2.35. The Morgan fingerprint density at radius 1 is 1.11 bits per heavy atom. The smallest absolute Gasteiger partial charge is 0.195 e. The molecule has 0 radical (unpaired) electrons. The molecule has 0 fully saturated rings. The molecule has 1 N–H and O–H groups in total. The summed E-state index contributed by atoms with van der Waals surface area (Å²) in [5, 5.41) is 18.1. The Morgan fingerprint density at radius 2 is 1.81 bits per heavy atom. The molecule has 0 aliphatic carbocycles. The van der Waals surface area contributed by atoms with Crippen molar-refractivity contribution in [1.29, 1.82) is 0 Å². The zero-order valence-corrected chi connectivity index (χ0v) is 16.8. The first-order valence-corrected chi connectivity index (χ1v) is 9.39. The summed E-state index contributed by atoms with van der Waals surface area (Å²) in [5.41, 5.74) is 1.79. The molecule has 0 bridgehead atoms. The maximum Gasteiger partial charge on any atom is 0.195 e. The monoisotopic (exact) mass is 428 g/mol. The highest BCUT2D eigenvalue weighted by molar-refractivity contribution is 9.10. The van der Waals surface area contributed by atoms with Gasteiger partial charge < -0.3 is 10.0 Å². The lowest BCUT2D eigenvalue weighted by molar-refractivity contribution is 0.103. The molecule has 7 heteroatoms. The van der Waals surface area contributed by atoms with Gasteiger partial charge >= 0.3 is 0 Å². The molecular weight excluding hydrogens is 408 g/mol. The fourth-order valence-electron chi connectivity index (χ4n) is 2.85. The summed E-state index contributed by atoms with van der Waals surface area (Å²) in [4.78, 5) is 15.2. The third-order valence-electron chi connectivity index (χ3n) is 4.20. The van der Waals surface area contributed by atoms with Crippen LogP contribution in [0.3, 0.4) is 0 Å². The fourth-order valence-corrected chi connectivity index (χ4v) is 3.21. The van der Waals surface area contributed by atoms with Crippen molar-refractivity contribution in [3.8, 4) is 5.69 Å². The molecule has 0 aliphatic rings. The number of benzene rings is 2. The molecule has 0 atom stereocenters. The molecular formula is C20H21BrN4O2. The van der Waals surface area contributed by atoms with Gasteiger partial charge in [-0.15, -0.1) is 10.2 Å². The van der Waals surface area contributed by atoms with Crippen molar-refractivity contribution in [1.82, 2.24) is 19.7 Å². The molecule has 1 heterocycles. The van der Waals surface area contributed by atoms with Gasteiger partial charge in [0.25, 0.3) is 0 Å². The fraction of sp³-hybridized carbons (Fsp3) is 0.250. The van der Waals surface area contributed by atoms with E-state index < -0.39 is 0 Å². The summed E-state index contributed by atoms with van der Waals surface area (Å²) in [7, 11) is 3.97. The van der Waals surface area contributed by atoms with Gasteiger partial charge in [-0.25, -0.2) is 0 Å². The molecule has 6 nitrogen and oxygen atoms in total. The van der Waals surface area contributed by atoms with Gasteiger partial charge in [-0.1, -0.05) is 46.3 Å². The molecule has 2 aromatic carbocycles. The van der Waals surface area contributed by atoms with Crippen molar-refractivity contribution in [2.75, 3.05) is 20.6 Å². The Balaban J connectivity index is 2.13. The van der Waals surface area contributed by atoms with E-state index in [1.165, 1.54) is 0 Å². The number of hydrogen-bond acceptors (Lipinski definition) is 5. The number of aromatic nitrogens is 3. The van der Waals surface area contributed by atoms with Crippen molar-refractivity contribution < 1.29 is 9.90 Å². The molecule has 140 valence electrons. The van der Waals surface area contributed by atoms with E-state index in [9.17, 15) is 9.90 Å². The van der Waals surface area contributed by atoms with E-state index in [1.54, 1.807) is 22.8 Å². The first-order chi connectivity index (χ1) is 13.0. The van der Waals surface area contributed by atoms with Gasteiger partial charge in [0.2, 0.25) is 0 Å².